The van der Waals surface area contributed by atoms with Crippen molar-refractivity contribution in [1.29, 1.82) is 0 Å². The third-order valence-electron chi connectivity index (χ3n) is 6.08. The number of carbonyl (C=O) groups is 1. The zero-order valence-electron chi connectivity index (χ0n) is 15.5. The maximum atomic E-state index is 13.0. The van der Waals surface area contributed by atoms with Crippen LogP contribution in [-0.4, -0.2) is 29.5 Å². The van der Waals surface area contributed by atoms with E-state index in [9.17, 15) is 18.0 Å². The number of halogens is 3. The van der Waals surface area contributed by atoms with Gasteiger partial charge in [0, 0.05) is 30.1 Å². The van der Waals surface area contributed by atoms with Gasteiger partial charge in [-0.3, -0.25) is 4.79 Å². The summed E-state index contributed by atoms with van der Waals surface area (Å²) in [4.78, 5) is 18.4. The average molecular weight is 389 g/mol. The average Bonchev–Trinajstić information content (AvgIpc) is 3.23. The molecule has 2 fully saturated rings. The number of nitrogens with zero attached hydrogens (tertiary/aromatic N) is 2. The highest BCUT2D eigenvalue weighted by molar-refractivity contribution is 5.94. The number of rotatable bonds is 3. The zero-order chi connectivity index (χ0) is 19.9. The molecule has 2 unspecified atom stereocenters. The number of pyridine rings is 1. The lowest BCUT2D eigenvalue weighted by molar-refractivity contribution is -0.141. The highest BCUT2D eigenvalue weighted by Crippen LogP contribution is 2.46. The molecule has 0 spiro atoms. The van der Waals surface area contributed by atoms with Crippen molar-refractivity contribution in [1.82, 2.24) is 10.3 Å². The monoisotopic (exact) mass is 389 g/mol. The van der Waals surface area contributed by atoms with E-state index in [0.29, 0.717) is 30.4 Å². The van der Waals surface area contributed by atoms with Crippen LogP contribution in [-0.2, 0) is 6.18 Å². The number of nitrogens with one attached hydrogen (secondary N) is 1. The number of hydrogen-bond donors (Lipinski definition) is 1. The maximum absolute atomic E-state index is 13.0. The third kappa shape index (κ3) is 3.45. The van der Waals surface area contributed by atoms with E-state index in [1.54, 1.807) is 18.2 Å². The second-order valence-electron chi connectivity index (χ2n) is 7.93. The van der Waals surface area contributed by atoms with Gasteiger partial charge in [0.15, 0.2) is 0 Å². The first-order valence-corrected chi connectivity index (χ1v) is 9.43. The molecule has 0 bridgehead atoms. The molecule has 7 heteroatoms. The molecule has 1 N–H and O–H groups in total. The fraction of sp³-hybridized carbons (Fsp3) is 0.429. The van der Waals surface area contributed by atoms with Crippen LogP contribution in [0.3, 0.4) is 0 Å². The van der Waals surface area contributed by atoms with Gasteiger partial charge in [-0.2, -0.15) is 13.2 Å². The van der Waals surface area contributed by atoms with Crippen LogP contribution in [0.4, 0.5) is 19.0 Å². The number of aromatic nitrogens is 1. The van der Waals surface area contributed by atoms with Crippen LogP contribution >= 0.6 is 0 Å². The molecule has 1 saturated heterocycles. The number of benzene rings is 1. The number of hydrogen-bond acceptors (Lipinski definition) is 3. The number of amides is 1. The molecule has 1 aromatic heterocycles. The van der Waals surface area contributed by atoms with Crippen LogP contribution < -0.4 is 10.2 Å². The van der Waals surface area contributed by atoms with Crippen LogP contribution in [0, 0.1) is 11.8 Å². The Kier molecular flexibility index (Phi) is 4.56. The Morgan fingerprint density at radius 2 is 1.89 bits per heavy atom. The molecule has 28 heavy (non-hydrogen) atoms. The lowest BCUT2D eigenvalue weighted by Crippen LogP contribution is -2.50. The lowest BCUT2D eigenvalue weighted by atomic mass is 9.86. The molecule has 1 aliphatic carbocycles. The molecule has 2 heterocycles. The topological polar surface area (TPSA) is 45.2 Å². The Hall–Kier alpha value is -2.57. The minimum Gasteiger partial charge on any atom is -0.356 e. The Labute approximate surface area is 161 Å². The van der Waals surface area contributed by atoms with Gasteiger partial charge in [0.1, 0.15) is 11.5 Å². The van der Waals surface area contributed by atoms with Gasteiger partial charge < -0.3 is 10.2 Å². The first-order valence-electron chi connectivity index (χ1n) is 9.43. The Bertz CT molecular complexity index is 871. The summed E-state index contributed by atoms with van der Waals surface area (Å²) in [7, 11) is 0. The molecule has 1 saturated carbocycles. The Morgan fingerprint density at radius 3 is 2.61 bits per heavy atom. The van der Waals surface area contributed by atoms with Gasteiger partial charge >= 0.3 is 6.18 Å². The molecule has 2 aliphatic rings. The zero-order valence-corrected chi connectivity index (χ0v) is 15.5. The minimum atomic E-state index is -4.45. The summed E-state index contributed by atoms with van der Waals surface area (Å²) in [5.74, 6) is 0.745. The van der Waals surface area contributed by atoms with Gasteiger partial charge in [-0.25, -0.2) is 4.98 Å². The summed E-state index contributed by atoms with van der Waals surface area (Å²) in [6.07, 6.45) is -2.65. The number of alkyl halides is 3. The van der Waals surface area contributed by atoms with Crippen molar-refractivity contribution < 1.29 is 18.0 Å². The minimum absolute atomic E-state index is 0.112. The molecule has 4 rings (SSSR count). The van der Waals surface area contributed by atoms with Gasteiger partial charge in [0.05, 0.1) is 0 Å². The molecule has 1 aliphatic heterocycles. The van der Waals surface area contributed by atoms with Crippen molar-refractivity contribution in [3.05, 3.63) is 59.8 Å². The molecule has 3 atom stereocenters. The number of fused-ring (bicyclic) bond motifs is 1. The van der Waals surface area contributed by atoms with E-state index >= 15 is 0 Å². The van der Waals surface area contributed by atoms with Crippen molar-refractivity contribution in [3.8, 4) is 0 Å². The van der Waals surface area contributed by atoms with Gasteiger partial charge in [0.25, 0.3) is 5.91 Å². The Morgan fingerprint density at radius 1 is 1.14 bits per heavy atom. The van der Waals surface area contributed by atoms with Crippen molar-refractivity contribution in [2.45, 2.75) is 31.5 Å². The lowest BCUT2D eigenvalue weighted by Gasteiger charge is -2.33. The highest BCUT2D eigenvalue weighted by Gasteiger charge is 2.50. The standard InChI is InChI=1S/C21H22F3N3O/c1-20(26-19(28)14-6-3-2-4-7-14)11-10-15-12-27(13-16(15)20)18-9-5-8-17(25-18)21(22,23)24/h2-9,15-16H,10-13H2,1H3,(H,26,28)/t15?,16-,20?/m0/s1. The van der Waals surface area contributed by atoms with Crippen LogP contribution in [0.25, 0.3) is 0 Å². The van der Waals surface area contributed by atoms with E-state index in [0.717, 1.165) is 18.9 Å². The first-order chi connectivity index (χ1) is 13.3. The largest absolute Gasteiger partial charge is 0.433 e. The first kappa shape index (κ1) is 18.8. The van der Waals surface area contributed by atoms with Crippen molar-refractivity contribution in [2.24, 2.45) is 11.8 Å². The molecule has 1 aromatic carbocycles. The molecule has 1 amide bonds. The summed E-state index contributed by atoms with van der Waals surface area (Å²) < 4.78 is 39.0. The second-order valence-corrected chi connectivity index (χ2v) is 7.93. The van der Waals surface area contributed by atoms with E-state index < -0.39 is 11.9 Å². The van der Waals surface area contributed by atoms with E-state index in [2.05, 4.69) is 10.3 Å². The van der Waals surface area contributed by atoms with E-state index in [1.807, 2.05) is 30.0 Å². The maximum Gasteiger partial charge on any atom is 0.433 e. The van der Waals surface area contributed by atoms with Gasteiger partial charge in [-0.1, -0.05) is 24.3 Å². The van der Waals surface area contributed by atoms with Crippen molar-refractivity contribution >= 4 is 11.7 Å². The smallest absolute Gasteiger partial charge is 0.356 e. The molecule has 4 nitrogen and oxygen atoms in total. The van der Waals surface area contributed by atoms with Gasteiger partial charge in [0.2, 0.25) is 0 Å². The summed E-state index contributed by atoms with van der Waals surface area (Å²) in [6.45, 7) is 3.29. The van der Waals surface area contributed by atoms with Gasteiger partial charge in [-0.05, 0) is 49.9 Å². The van der Waals surface area contributed by atoms with Crippen LogP contribution in [0.5, 0.6) is 0 Å². The van der Waals surface area contributed by atoms with Crippen LogP contribution in [0.15, 0.2) is 48.5 Å². The van der Waals surface area contributed by atoms with E-state index in [1.165, 1.54) is 6.07 Å². The summed E-state index contributed by atoms with van der Waals surface area (Å²) in [6, 6.07) is 13.1. The Balaban J connectivity index is 1.50. The fourth-order valence-corrected chi connectivity index (χ4v) is 4.58. The van der Waals surface area contributed by atoms with Gasteiger partial charge in [-0.15, -0.1) is 0 Å². The van der Waals surface area contributed by atoms with E-state index in [-0.39, 0.29) is 17.4 Å². The van der Waals surface area contributed by atoms with Crippen LogP contribution in [0.1, 0.15) is 35.8 Å². The number of anilines is 1. The normalized spacial score (nSPS) is 26.9. The second kappa shape index (κ2) is 6.79. The van der Waals surface area contributed by atoms with Crippen LogP contribution in [0.2, 0.25) is 0 Å². The fourth-order valence-electron chi connectivity index (χ4n) is 4.58. The molecular weight excluding hydrogens is 367 g/mol. The predicted octanol–water partition coefficient (Wildman–Crippen LogP) is 4.14. The molecule has 148 valence electrons. The van der Waals surface area contributed by atoms with Crippen molar-refractivity contribution in [3.63, 3.8) is 0 Å². The van der Waals surface area contributed by atoms with Crippen molar-refractivity contribution in [2.75, 3.05) is 18.0 Å². The quantitative estimate of drug-likeness (QED) is 0.858. The third-order valence-corrected chi connectivity index (χ3v) is 6.08. The molecule has 2 aromatic rings. The highest BCUT2D eigenvalue weighted by atomic mass is 19.4. The number of carbonyl (C=O) groups excluding carboxylic acids is 1. The van der Waals surface area contributed by atoms with E-state index in [4.69, 9.17) is 0 Å². The molecular formula is C21H22F3N3O. The summed E-state index contributed by atoms with van der Waals surface area (Å²) in [5.41, 5.74) is -0.641. The predicted molar refractivity (Wildman–Crippen MR) is 100.0 cm³/mol. The molecule has 0 radical (unpaired) electrons. The summed E-state index contributed by atoms with van der Waals surface area (Å²) in [5, 5.41) is 3.18. The summed E-state index contributed by atoms with van der Waals surface area (Å²) >= 11 is 0. The SMILES string of the molecule is CC1(NC(=O)c2ccccc2)CCC2CN(c3cccc(C(F)(F)F)n3)C[C@@H]21.